The average Bonchev–Trinajstić information content (AvgIpc) is 2.42. The van der Waals surface area contributed by atoms with Crippen LogP contribution in [0.15, 0.2) is 9.85 Å². The fraction of sp³-hybridized carbons (Fsp3) is 0.556. The zero-order valence-electron chi connectivity index (χ0n) is 8.07. The van der Waals surface area contributed by atoms with E-state index < -0.39 is 18.6 Å². The van der Waals surface area contributed by atoms with E-state index in [0.29, 0.717) is 0 Å². The first-order valence-electron chi connectivity index (χ1n) is 4.38. The van der Waals surface area contributed by atoms with E-state index in [1.54, 1.807) is 0 Å². The standard InChI is InChI=1S/C9H11BrF3NS/c1-5-4-7(15-8(5)10)6(14)2-3-9(11,12)13/h4,6H,2-3,14H2,1H3/t6-/m1/s1. The topological polar surface area (TPSA) is 26.0 Å². The third-order valence-electron chi connectivity index (χ3n) is 1.98. The van der Waals surface area contributed by atoms with E-state index in [0.717, 1.165) is 14.2 Å². The summed E-state index contributed by atoms with van der Waals surface area (Å²) in [7, 11) is 0. The molecule has 1 aromatic heterocycles. The lowest BCUT2D eigenvalue weighted by Crippen LogP contribution is -2.14. The Hall–Kier alpha value is -0.0700. The van der Waals surface area contributed by atoms with Crippen molar-refractivity contribution in [1.29, 1.82) is 0 Å². The number of alkyl halides is 3. The zero-order valence-corrected chi connectivity index (χ0v) is 10.5. The van der Waals surface area contributed by atoms with E-state index in [2.05, 4.69) is 15.9 Å². The van der Waals surface area contributed by atoms with Gasteiger partial charge in [0.2, 0.25) is 0 Å². The maximum absolute atomic E-state index is 12.0. The zero-order chi connectivity index (χ0) is 11.6. The molecule has 0 saturated carbocycles. The minimum absolute atomic E-state index is 0.0596. The lowest BCUT2D eigenvalue weighted by molar-refractivity contribution is -0.136. The molecule has 15 heavy (non-hydrogen) atoms. The Morgan fingerprint density at radius 3 is 2.53 bits per heavy atom. The van der Waals surface area contributed by atoms with Crippen molar-refractivity contribution in [3.05, 3.63) is 20.3 Å². The molecule has 0 unspecified atom stereocenters. The Bertz CT molecular complexity index is 315. The smallest absolute Gasteiger partial charge is 0.323 e. The highest BCUT2D eigenvalue weighted by molar-refractivity contribution is 9.11. The van der Waals surface area contributed by atoms with Crippen LogP contribution in [-0.4, -0.2) is 6.18 Å². The van der Waals surface area contributed by atoms with E-state index in [4.69, 9.17) is 5.73 Å². The molecule has 1 rings (SSSR count). The van der Waals surface area contributed by atoms with Crippen LogP contribution in [0, 0.1) is 6.92 Å². The normalized spacial score (nSPS) is 14.3. The molecular weight excluding hydrogens is 291 g/mol. The second-order valence-electron chi connectivity index (χ2n) is 3.37. The molecule has 2 N–H and O–H groups in total. The van der Waals surface area contributed by atoms with Gasteiger partial charge in [-0.1, -0.05) is 0 Å². The van der Waals surface area contributed by atoms with Crippen molar-refractivity contribution in [2.75, 3.05) is 0 Å². The third-order valence-corrected chi connectivity index (χ3v) is 4.25. The van der Waals surface area contributed by atoms with Crippen molar-refractivity contribution in [2.45, 2.75) is 32.0 Å². The van der Waals surface area contributed by atoms with Crippen LogP contribution in [0.5, 0.6) is 0 Å². The van der Waals surface area contributed by atoms with Gasteiger partial charge in [0, 0.05) is 17.3 Å². The molecule has 6 heteroatoms. The van der Waals surface area contributed by atoms with Gasteiger partial charge in [0.1, 0.15) is 0 Å². The maximum atomic E-state index is 12.0. The minimum atomic E-state index is -4.12. The fourth-order valence-electron chi connectivity index (χ4n) is 1.13. The molecule has 0 aliphatic heterocycles. The van der Waals surface area contributed by atoms with Crippen molar-refractivity contribution in [1.82, 2.24) is 0 Å². The SMILES string of the molecule is Cc1cc([C@H](N)CCC(F)(F)F)sc1Br. The van der Waals surface area contributed by atoms with Gasteiger partial charge >= 0.3 is 6.18 Å². The minimum Gasteiger partial charge on any atom is -0.323 e. The molecule has 0 fully saturated rings. The van der Waals surface area contributed by atoms with Gasteiger partial charge in [-0.15, -0.1) is 11.3 Å². The Labute approximate surface area is 98.6 Å². The van der Waals surface area contributed by atoms with Gasteiger partial charge in [0.15, 0.2) is 0 Å². The lowest BCUT2D eigenvalue weighted by Gasteiger charge is -2.11. The van der Waals surface area contributed by atoms with Crippen molar-refractivity contribution in [2.24, 2.45) is 5.73 Å². The molecule has 86 valence electrons. The van der Waals surface area contributed by atoms with E-state index >= 15 is 0 Å². The van der Waals surface area contributed by atoms with Gasteiger partial charge in [0.05, 0.1) is 3.79 Å². The predicted molar refractivity (Wildman–Crippen MR) is 59.0 cm³/mol. The number of aryl methyl sites for hydroxylation is 1. The Morgan fingerprint density at radius 2 is 2.13 bits per heavy atom. The first kappa shape index (κ1) is 13.0. The van der Waals surface area contributed by atoms with Crippen LogP contribution in [0.3, 0.4) is 0 Å². The van der Waals surface area contributed by atoms with Gasteiger partial charge in [0.25, 0.3) is 0 Å². The van der Waals surface area contributed by atoms with E-state index in [1.807, 2.05) is 13.0 Å². The number of hydrogen-bond acceptors (Lipinski definition) is 2. The third kappa shape index (κ3) is 4.12. The van der Waals surface area contributed by atoms with Crippen LogP contribution in [0.25, 0.3) is 0 Å². The Kier molecular flexibility index (Phi) is 4.20. The summed E-state index contributed by atoms with van der Waals surface area (Å²) in [6.45, 7) is 1.89. The summed E-state index contributed by atoms with van der Waals surface area (Å²) < 4.78 is 36.8. The number of hydrogen-bond donors (Lipinski definition) is 1. The highest BCUT2D eigenvalue weighted by atomic mass is 79.9. The van der Waals surface area contributed by atoms with E-state index in [-0.39, 0.29) is 6.42 Å². The molecular formula is C9H11BrF3NS. The molecule has 0 aliphatic carbocycles. The highest BCUT2D eigenvalue weighted by Gasteiger charge is 2.28. The largest absolute Gasteiger partial charge is 0.389 e. The summed E-state index contributed by atoms with van der Waals surface area (Å²) in [4.78, 5) is 0.795. The fourth-order valence-corrected chi connectivity index (χ4v) is 2.73. The maximum Gasteiger partial charge on any atom is 0.389 e. The van der Waals surface area contributed by atoms with Gasteiger partial charge in [-0.3, -0.25) is 0 Å². The first-order chi connectivity index (χ1) is 6.79. The van der Waals surface area contributed by atoms with Gasteiger partial charge in [-0.2, -0.15) is 13.2 Å². The van der Waals surface area contributed by atoms with Crippen LogP contribution in [-0.2, 0) is 0 Å². The molecule has 0 amide bonds. The molecule has 1 atom stereocenters. The molecule has 0 spiro atoms. The second kappa shape index (κ2) is 4.84. The summed E-state index contributed by atoms with van der Waals surface area (Å²) in [5.41, 5.74) is 6.69. The Balaban J connectivity index is 2.58. The summed E-state index contributed by atoms with van der Waals surface area (Å²) in [5, 5.41) is 0. The number of nitrogens with two attached hydrogens (primary N) is 1. The monoisotopic (exact) mass is 301 g/mol. The number of rotatable bonds is 3. The summed E-state index contributed by atoms with van der Waals surface area (Å²) in [6, 6.07) is 1.30. The molecule has 0 bridgehead atoms. The summed E-state index contributed by atoms with van der Waals surface area (Å²) in [6.07, 6.45) is -5.01. The number of thiophene rings is 1. The number of halogens is 4. The Morgan fingerprint density at radius 1 is 1.53 bits per heavy atom. The quantitative estimate of drug-likeness (QED) is 0.891. The molecule has 0 aliphatic rings. The summed E-state index contributed by atoms with van der Waals surface area (Å²) in [5.74, 6) is 0. The highest BCUT2D eigenvalue weighted by Crippen LogP contribution is 2.33. The van der Waals surface area contributed by atoms with Gasteiger partial charge in [-0.25, -0.2) is 0 Å². The molecule has 1 nitrogen and oxygen atoms in total. The molecule has 0 saturated heterocycles. The first-order valence-corrected chi connectivity index (χ1v) is 5.98. The van der Waals surface area contributed by atoms with Crippen molar-refractivity contribution < 1.29 is 13.2 Å². The van der Waals surface area contributed by atoms with Crippen molar-refractivity contribution in [3.63, 3.8) is 0 Å². The van der Waals surface area contributed by atoms with Crippen LogP contribution in [0.2, 0.25) is 0 Å². The van der Waals surface area contributed by atoms with Crippen LogP contribution < -0.4 is 5.73 Å². The molecule has 1 aromatic rings. The van der Waals surface area contributed by atoms with Gasteiger partial charge in [-0.05, 0) is 40.9 Å². The molecule has 0 radical (unpaired) electrons. The van der Waals surface area contributed by atoms with Crippen molar-refractivity contribution >= 4 is 27.3 Å². The van der Waals surface area contributed by atoms with Crippen LogP contribution in [0.4, 0.5) is 13.2 Å². The predicted octanol–water partition coefficient (Wildman–Crippen LogP) is 4.16. The lowest BCUT2D eigenvalue weighted by atomic mass is 10.1. The van der Waals surface area contributed by atoms with Crippen molar-refractivity contribution in [3.8, 4) is 0 Å². The molecule has 1 heterocycles. The van der Waals surface area contributed by atoms with Gasteiger partial charge < -0.3 is 5.73 Å². The summed E-state index contributed by atoms with van der Waals surface area (Å²) >= 11 is 4.71. The second-order valence-corrected chi connectivity index (χ2v) is 5.77. The van der Waals surface area contributed by atoms with E-state index in [9.17, 15) is 13.2 Å². The van der Waals surface area contributed by atoms with Crippen LogP contribution >= 0.6 is 27.3 Å². The van der Waals surface area contributed by atoms with E-state index in [1.165, 1.54) is 11.3 Å². The van der Waals surface area contributed by atoms with Crippen LogP contribution in [0.1, 0.15) is 29.3 Å². The molecule has 0 aromatic carbocycles. The average molecular weight is 302 g/mol.